The maximum Gasteiger partial charge on any atom is 0.255 e. The molecule has 3 N–H and O–H groups in total. The van der Waals surface area contributed by atoms with Gasteiger partial charge in [0.15, 0.2) is 0 Å². The maximum atomic E-state index is 12.9. The second-order valence-electron chi connectivity index (χ2n) is 8.93. The molecule has 7 heteroatoms. The Hall–Kier alpha value is -3.35. The van der Waals surface area contributed by atoms with E-state index in [2.05, 4.69) is 16.0 Å². The molecule has 0 saturated carbocycles. The van der Waals surface area contributed by atoms with E-state index >= 15 is 0 Å². The Morgan fingerprint density at radius 3 is 2.53 bits per heavy atom. The van der Waals surface area contributed by atoms with Crippen LogP contribution in [0.2, 0.25) is 0 Å². The first-order chi connectivity index (χ1) is 15.3. The van der Waals surface area contributed by atoms with Crippen LogP contribution in [0.1, 0.15) is 53.2 Å². The van der Waals surface area contributed by atoms with Gasteiger partial charge in [0.1, 0.15) is 11.7 Å². The van der Waals surface area contributed by atoms with Gasteiger partial charge in [-0.25, -0.2) is 0 Å². The van der Waals surface area contributed by atoms with Crippen molar-refractivity contribution < 1.29 is 14.4 Å². The van der Waals surface area contributed by atoms with Gasteiger partial charge in [-0.05, 0) is 50.5 Å². The Labute approximate surface area is 188 Å². The van der Waals surface area contributed by atoms with Crippen LogP contribution in [-0.4, -0.2) is 40.9 Å². The van der Waals surface area contributed by atoms with Crippen LogP contribution in [0, 0.1) is 13.8 Å². The summed E-state index contributed by atoms with van der Waals surface area (Å²) >= 11 is 0. The highest BCUT2D eigenvalue weighted by Gasteiger charge is 2.41. The van der Waals surface area contributed by atoms with Gasteiger partial charge in [0, 0.05) is 31.6 Å². The van der Waals surface area contributed by atoms with E-state index < -0.39 is 11.7 Å². The smallest absolute Gasteiger partial charge is 0.255 e. The fourth-order valence-electron chi connectivity index (χ4n) is 4.40. The molecule has 2 aliphatic rings. The van der Waals surface area contributed by atoms with Crippen molar-refractivity contribution in [3.05, 3.63) is 64.7 Å². The topological polar surface area (TPSA) is 90.5 Å². The number of amides is 3. The second kappa shape index (κ2) is 8.65. The van der Waals surface area contributed by atoms with Gasteiger partial charge in [0.25, 0.3) is 5.91 Å². The lowest BCUT2D eigenvalue weighted by Gasteiger charge is -2.40. The van der Waals surface area contributed by atoms with Crippen LogP contribution < -0.4 is 16.0 Å². The van der Waals surface area contributed by atoms with E-state index in [-0.39, 0.29) is 24.1 Å². The molecule has 168 valence electrons. The van der Waals surface area contributed by atoms with E-state index in [0.717, 1.165) is 16.8 Å². The quantitative estimate of drug-likeness (QED) is 0.690. The van der Waals surface area contributed by atoms with Crippen molar-refractivity contribution in [2.24, 2.45) is 0 Å². The van der Waals surface area contributed by atoms with E-state index in [4.69, 9.17) is 0 Å². The zero-order valence-electron chi connectivity index (χ0n) is 18.8. The fourth-order valence-corrected chi connectivity index (χ4v) is 4.40. The van der Waals surface area contributed by atoms with Gasteiger partial charge in [-0.3, -0.25) is 14.4 Å². The molecule has 0 bridgehead atoms. The van der Waals surface area contributed by atoms with E-state index in [9.17, 15) is 14.4 Å². The highest BCUT2D eigenvalue weighted by atomic mass is 16.2. The minimum Gasteiger partial charge on any atom is -0.362 e. The zero-order valence-corrected chi connectivity index (χ0v) is 18.8. The summed E-state index contributed by atoms with van der Waals surface area (Å²) in [5, 5.41) is 9.49. The van der Waals surface area contributed by atoms with Crippen molar-refractivity contribution in [3.8, 4) is 0 Å². The standard InChI is InChI=1S/C25H30N4O3/c1-16-4-7-19(8-5-16)15-26-23(31)18(3)29-13-12-25(11-10-22(29)30)27-21-14-17(2)6-9-20(21)24(32)28-25/h4-9,14,18,27H,10-13,15H2,1-3H3,(H,26,31)(H,28,32). The number of fused-ring (bicyclic) bond motifs is 1. The normalized spacial score (nSPS) is 21.3. The average molecular weight is 435 g/mol. The predicted octanol–water partition coefficient (Wildman–Crippen LogP) is 2.87. The predicted molar refractivity (Wildman–Crippen MR) is 123 cm³/mol. The molecule has 2 unspecified atom stereocenters. The lowest BCUT2D eigenvalue weighted by atomic mass is 9.94. The first-order valence-corrected chi connectivity index (χ1v) is 11.1. The molecule has 7 nitrogen and oxygen atoms in total. The van der Waals surface area contributed by atoms with Gasteiger partial charge in [0.2, 0.25) is 11.8 Å². The summed E-state index contributed by atoms with van der Waals surface area (Å²) < 4.78 is 0. The van der Waals surface area contributed by atoms with E-state index in [1.54, 1.807) is 11.8 Å². The molecular weight excluding hydrogens is 404 g/mol. The molecule has 2 aliphatic heterocycles. The first-order valence-electron chi connectivity index (χ1n) is 11.1. The number of nitrogens with one attached hydrogen (secondary N) is 3. The van der Waals surface area contributed by atoms with Crippen LogP contribution in [-0.2, 0) is 16.1 Å². The Morgan fingerprint density at radius 1 is 1.06 bits per heavy atom. The van der Waals surface area contributed by atoms with Crippen LogP contribution in [0.3, 0.4) is 0 Å². The molecule has 2 aromatic rings. The average Bonchev–Trinajstić information content (AvgIpc) is 2.91. The van der Waals surface area contributed by atoms with Crippen LogP contribution in [0.5, 0.6) is 0 Å². The first kappa shape index (κ1) is 21.9. The molecule has 0 aliphatic carbocycles. The van der Waals surface area contributed by atoms with Crippen molar-refractivity contribution in [3.63, 3.8) is 0 Å². The van der Waals surface area contributed by atoms with E-state index in [1.807, 2.05) is 56.3 Å². The lowest BCUT2D eigenvalue weighted by molar-refractivity contribution is -0.139. The largest absolute Gasteiger partial charge is 0.362 e. The molecule has 1 fully saturated rings. The molecule has 4 rings (SSSR count). The third-order valence-electron chi connectivity index (χ3n) is 6.45. The number of aryl methyl sites for hydroxylation is 2. The fraction of sp³-hybridized carbons (Fsp3) is 0.400. The van der Waals surface area contributed by atoms with E-state index in [1.165, 1.54) is 5.56 Å². The SMILES string of the molecule is Cc1ccc(CNC(=O)C(C)N2CCC3(CCC2=O)NC(=O)c2ccc(C)cc2N3)cc1. The van der Waals surface area contributed by atoms with Gasteiger partial charge in [-0.15, -0.1) is 0 Å². The third kappa shape index (κ3) is 4.47. The van der Waals surface area contributed by atoms with Crippen LogP contribution in [0.4, 0.5) is 5.69 Å². The summed E-state index contributed by atoms with van der Waals surface area (Å²) in [6.45, 7) is 6.56. The van der Waals surface area contributed by atoms with Crippen molar-refractivity contribution in [2.45, 2.75) is 58.3 Å². The van der Waals surface area contributed by atoms with Gasteiger partial charge < -0.3 is 20.9 Å². The number of carbonyl (C=O) groups excluding carboxylic acids is 3. The number of rotatable bonds is 4. The number of anilines is 1. The van der Waals surface area contributed by atoms with Crippen LogP contribution >= 0.6 is 0 Å². The molecule has 2 aromatic carbocycles. The summed E-state index contributed by atoms with van der Waals surface area (Å²) in [6, 6.07) is 13.1. The lowest BCUT2D eigenvalue weighted by Crippen LogP contribution is -2.58. The minimum atomic E-state index is -0.694. The summed E-state index contributed by atoms with van der Waals surface area (Å²) in [4.78, 5) is 40.0. The molecule has 3 amide bonds. The Kier molecular flexibility index (Phi) is 5.91. The van der Waals surface area contributed by atoms with Gasteiger partial charge in [0.05, 0.1) is 5.56 Å². The van der Waals surface area contributed by atoms with Gasteiger partial charge in [-0.2, -0.15) is 0 Å². The summed E-state index contributed by atoms with van der Waals surface area (Å²) in [5.41, 5.74) is 3.95. The molecule has 1 saturated heterocycles. The minimum absolute atomic E-state index is 0.0778. The molecule has 0 radical (unpaired) electrons. The highest BCUT2D eigenvalue weighted by molar-refractivity contribution is 6.02. The molecule has 32 heavy (non-hydrogen) atoms. The summed E-state index contributed by atoms with van der Waals surface area (Å²) in [5.74, 6) is -0.397. The Balaban J connectivity index is 1.42. The second-order valence-corrected chi connectivity index (χ2v) is 8.93. The monoisotopic (exact) mass is 434 g/mol. The van der Waals surface area contributed by atoms with Crippen molar-refractivity contribution in [2.75, 3.05) is 11.9 Å². The number of hydrogen-bond acceptors (Lipinski definition) is 4. The number of likely N-dealkylation sites (tertiary alicyclic amines) is 1. The number of nitrogens with zero attached hydrogens (tertiary/aromatic N) is 1. The van der Waals surface area contributed by atoms with Gasteiger partial charge >= 0.3 is 0 Å². The number of hydrogen-bond donors (Lipinski definition) is 3. The van der Waals surface area contributed by atoms with Crippen molar-refractivity contribution in [1.29, 1.82) is 0 Å². The molecular formula is C25H30N4O3. The molecule has 1 spiro atoms. The Morgan fingerprint density at radius 2 is 1.78 bits per heavy atom. The van der Waals surface area contributed by atoms with Crippen molar-refractivity contribution >= 4 is 23.4 Å². The summed E-state index contributed by atoms with van der Waals surface area (Å²) in [6.07, 6.45) is 1.25. The molecule has 2 atom stereocenters. The molecule has 2 heterocycles. The number of benzene rings is 2. The van der Waals surface area contributed by atoms with Crippen LogP contribution in [0.15, 0.2) is 42.5 Å². The Bertz CT molecular complexity index is 1050. The zero-order chi connectivity index (χ0) is 22.9. The van der Waals surface area contributed by atoms with Crippen molar-refractivity contribution in [1.82, 2.24) is 15.5 Å². The maximum absolute atomic E-state index is 12.9. The number of carbonyl (C=O) groups is 3. The molecule has 0 aromatic heterocycles. The summed E-state index contributed by atoms with van der Waals surface area (Å²) in [7, 11) is 0. The van der Waals surface area contributed by atoms with Crippen LogP contribution in [0.25, 0.3) is 0 Å². The van der Waals surface area contributed by atoms with E-state index in [0.29, 0.717) is 31.5 Å². The highest BCUT2D eigenvalue weighted by Crippen LogP contribution is 2.32. The van der Waals surface area contributed by atoms with Gasteiger partial charge in [-0.1, -0.05) is 35.9 Å². The third-order valence-corrected chi connectivity index (χ3v) is 6.45.